The van der Waals surface area contributed by atoms with E-state index in [1.807, 2.05) is 53.1 Å². The minimum atomic E-state index is -0.135. The van der Waals surface area contributed by atoms with Gasteiger partial charge in [-0.1, -0.05) is 78.1 Å². The van der Waals surface area contributed by atoms with E-state index in [4.69, 9.17) is 9.73 Å². The molecule has 1 atom stereocenters. The summed E-state index contributed by atoms with van der Waals surface area (Å²) in [5.41, 5.74) is 6.86. The molecular formula is C28H22N2O2S. The third-order valence-electron chi connectivity index (χ3n) is 6.40. The molecule has 5 heteroatoms. The molecule has 1 aliphatic heterocycles. The summed E-state index contributed by atoms with van der Waals surface area (Å²) in [4.78, 5) is 19.5. The summed E-state index contributed by atoms with van der Waals surface area (Å²) < 4.78 is 7.84. The fraction of sp³-hybridized carbons (Fsp3) is 0.143. The van der Waals surface area contributed by atoms with Gasteiger partial charge in [0, 0.05) is 5.56 Å². The fourth-order valence-electron chi connectivity index (χ4n) is 4.81. The molecule has 1 aromatic heterocycles. The lowest BCUT2D eigenvalue weighted by Crippen LogP contribution is -2.38. The van der Waals surface area contributed by atoms with E-state index in [1.165, 1.54) is 28.0 Å². The summed E-state index contributed by atoms with van der Waals surface area (Å²) >= 11 is 1.46. The van der Waals surface area contributed by atoms with Crippen molar-refractivity contribution in [1.29, 1.82) is 0 Å². The number of fused-ring (bicyclic) bond motifs is 3. The zero-order chi connectivity index (χ0) is 22.4. The average molecular weight is 451 g/mol. The molecule has 2 aliphatic rings. The van der Waals surface area contributed by atoms with Gasteiger partial charge in [0.1, 0.15) is 5.75 Å². The Balaban J connectivity index is 1.59. The maximum Gasteiger partial charge on any atom is 0.271 e. The molecule has 1 aliphatic carbocycles. The first kappa shape index (κ1) is 19.9. The van der Waals surface area contributed by atoms with E-state index in [9.17, 15) is 4.79 Å². The molecular weight excluding hydrogens is 428 g/mol. The molecule has 4 nitrogen and oxygen atoms in total. The molecule has 0 amide bonds. The Morgan fingerprint density at radius 3 is 2.52 bits per heavy atom. The molecule has 0 saturated carbocycles. The van der Waals surface area contributed by atoms with Crippen LogP contribution in [0.2, 0.25) is 0 Å². The van der Waals surface area contributed by atoms with Crippen molar-refractivity contribution < 1.29 is 4.74 Å². The Labute approximate surface area is 195 Å². The first-order valence-corrected chi connectivity index (χ1v) is 11.9. The Morgan fingerprint density at radius 2 is 1.73 bits per heavy atom. The molecule has 6 rings (SSSR count). The monoisotopic (exact) mass is 450 g/mol. The number of nitrogens with zero attached hydrogens (tertiary/aromatic N) is 2. The smallest absolute Gasteiger partial charge is 0.271 e. The lowest BCUT2D eigenvalue weighted by Gasteiger charge is -2.30. The number of thiazole rings is 1. The number of rotatable bonds is 3. The van der Waals surface area contributed by atoms with Gasteiger partial charge in [0.25, 0.3) is 5.56 Å². The Morgan fingerprint density at radius 1 is 0.970 bits per heavy atom. The molecule has 0 fully saturated rings. The van der Waals surface area contributed by atoms with Crippen molar-refractivity contribution in [1.82, 2.24) is 4.57 Å². The number of hydrogen-bond donors (Lipinski definition) is 0. The number of ether oxygens (including phenoxy) is 1. The van der Waals surface area contributed by atoms with Crippen LogP contribution in [0.3, 0.4) is 0 Å². The zero-order valence-corrected chi connectivity index (χ0v) is 19.0. The van der Waals surface area contributed by atoms with Crippen LogP contribution < -0.4 is 19.6 Å². The van der Waals surface area contributed by atoms with Gasteiger partial charge in [0.2, 0.25) is 0 Å². The van der Waals surface area contributed by atoms with Crippen LogP contribution in [-0.4, -0.2) is 11.7 Å². The van der Waals surface area contributed by atoms with Gasteiger partial charge >= 0.3 is 0 Å². The van der Waals surface area contributed by atoms with Crippen LogP contribution in [0, 0.1) is 0 Å². The van der Waals surface area contributed by atoms with Gasteiger partial charge in [-0.05, 0) is 53.3 Å². The molecule has 33 heavy (non-hydrogen) atoms. The highest BCUT2D eigenvalue weighted by atomic mass is 32.1. The van der Waals surface area contributed by atoms with E-state index >= 15 is 0 Å². The molecule has 0 spiro atoms. The third-order valence-corrected chi connectivity index (χ3v) is 7.38. The lowest BCUT2D eigenvalue weighted by atomic mass is 9.83. The number of aromatic nitrogens is 1. The topological polar surface area (TPSA) is 43.6 Å². The Bertz CT molecular complexity index is 1560. The number of hydrogen-bond acceptors (Lipinski definition) is 4. The van der Waals surface area contributed by atoms with E-state index in [1.54, 1.807) is 7.11 Å². The molecule has 1 unspecified atom stereocenters. The standard InChI is InChI=1S/C28H22N2O2S/c1-32-21-14-11-18(12-15-21)17-24-27(31)30-26(20-8-3-2-4-9-20)23-16-13-19-7-5-6-10-22(19)25(23)29-28(30)33-24/h2-12,14-15,17,26H,13,16H2,1H3. The molecule has 0 N–H and O–H groups in total. The maximum absolute atomic E-state index is 13.7. The minimum Gasteiger partial charge on any atom is -0.497 e. The van der Waals surface area contributed by atoms with Crippen LogP contribution in [0.15, 0.2) is 94.2 Å². The molecule has 0 radical (unpaired) electrons. The highest BCUT2D eigenvalue weighted by molar-refractivity contribution is 7.07. The average Bonchev–Trinajstić information content (AvgIpc) is 3.18. The second-order valence-corrected chi connectivity index (χ2v) is 9.31. The summed E-state index contributed by atoms with van der Waals surface area (Å²) in [5.74, 6) is 0.795. The van der Waals surface area contributed by atoms with Crippen LogP contribution >= 0.6 is 11.3 Å². The number of benzene rings is 3. The predicted octanol–water partition coefficient (Wildman–Crippen LogP) is 4.33. The van der Waals surface area contributed by atoms with Crippen molar-refractivity contribution in [3.63, 3.8) is 0 Å². The van der Waals surface area contributed by atoms with Gasteiger partial charge in [-0.2, -0.15) is 0 Å². The molecule has 4 aromatic rings. The SMILES string of the molecule is COc1ccc(C=c2sc3n(c2=O)C(c2ccccc2)C2=C(N=3)c3ccccc3CC2)cc1. The van der Waals surface area contributed by atoms with Gasteiger partial charge in [0.05, 0.1) is 23.4 Å². The highest BCUT2D eigenvalue weighted by Crippen LogP contribution is 2.41. The van der Waals surface area contributed by atoms with Crippen LogP contribution in [0.4, 0.5) is 0 Å². The second kappa shape index (κ2) is 8.01. The quantitative estimate of drug-likeness (QED) is 0.466. The lowest BCUT2D eigenvalue weighted by molar-refractivity contribution is 0.415. The van der Waals surface area contributed by atoms with Crippen molar-refractivity contribution >= 4 is 23.1 Å². The van der Waals surface area contributed by atoms with Crippen molar-refractivity contribution in [2.45, 2.75) is 18.9 Å². The van der Waals surface area contributed by atoms with Crippen molar-refractivity contribution in [2.75, 3.05) is 7.11 Å². The fourth-order valence-corrected chi connectivity index (χ4v) is 5.81. The molecule has 3 aromatic carbocycles. The molecule has 162 valence electrons. The Hall–Kier alpha value is -3.70. The van der Waals surface area contributed by atoms with Crippen molar-refractivity contribution in [3.05, 3.63) is 126 Å². The predicted molar refractivity (Wildman–Crippen MR) is 132 cm³/mol. The number of allylic oxidation sites excluding steroid dienone is 1. The summed E-state index contributed by atoms with van der Waals surface area (Å²) in [6.07, 6.45) is 3.81. The third kappa shape index (κ3) is 3.36. The van der Waals surface area contributed by atoms with Crippen molar-refractivity contribution in [2.24, 2.45) is 4.99 Å². The Kier molecular flexibility index (Phi) is 4.84. The molecule has 0 bridgehead atoms. The van der Waals surface area contributed by atoms with E-state index < -0.39 is 0 Å². The summed E-state index contributed by atoms with van der Waals surface area (Å²) in [6, 6.07) is 26.4. The van der Waals surface area contributed by atoms with Gasteiger partial charge in [-0.3, -0.25) is 9.36 Å². The summed E-state index contributed by atoms with van der Waals surface area (Å²) in [5, 5.41) is 0. The van der Waals surface area contributed by atoms with Crippen LogP contribution in [0.25, 0.3) is 11.8 Å². The van der Waals surface area contributed by atoms with E-state index in [0.29, 0.717) is 4.53 Å². The van der Waals surface area contributed by atoms with E-state index in [0.717, 1.165) is 40.2 Å². The van der Waals surface area contributed by atoms with Crippen LogP contribution in [-0.2, 0) is 6.42 Å². The van der Waals surface area contributed by atoms with E-state index in [-0.39, 0.29) is 11.6 Å². The second-order valence-electron chi connectivity index (χ2n) is 8.30. The van der Waals surface area contributed by atoms with Gasteiger partial charge in [-0.25, -0.2) is 4.99 Å². The van der Waals surface area contributed by atoms with Crippen LogP contribution in [0.1, 0.15) is 34.7 Å². The van der Waals surface area contributed by atoms with Crippen molar-refractivity contribution in [3.8, 4) is 5.75 Å². The normalized spacial score (nSPS) is 17.1. The summed E-state index contributed by atoms with van der Waals surface area (Å²) in [6.45, 7) is 0. The van der Waals surface area contributed by atoms with E-state index in [2.05, 4.69) is 36.4 Å². The van der Waals surface area contributed by atoms with Gasteiger partial charge in [-0.15, -0.1) is 0 Å². The van der Waals surface area contributed by atoms with Gasteiger partial charge in [0.15, 0.2) is 4.80 Å². The first-order chi connectivity index (χ1) is 16.2. The molecule has 0 saturated heterocycles. The van der Waals surface area contributed by atoms with Gasteiger partial charge < -0.3 is 4.74 Å². The maximum atomic E-state index is 13.7. The number of aryl methyl sites for hydroxylation is 1. The minimum absolute atomic E-state index is 0.00818. The zero-order valence-electron chi connectivity index (χ0n) is 18.2. The largest absolute Gasteiger partial charge is 0.497 e. The van der Waals surface area contributed by atoms with Crippen LogP contribution in [0.5, 0.6) is 5.75 Å². The molecule has 2 heterocycles. The number of methoxy groups -OCH3 is 1. The first-order valence-electron chi connectivity index (χ1n) is 11.0. The summed E-state index contributed by atoms with van der Waals surface area (Å²) in [7, 11) is 1.65. The highest BCUT2D eigenvalue weighted by Gasteiger charge is 2.32.